The minimum atomic E-state index is -0.347. The molecule has 3 aromatic rings. The zero-order chi connectivity index (χ0) is 23.4. The molecule has 168 valence electrons. The largest absolute Gasteiger partial charge is 0.490 e. The van der Waals surface area contributed by atoms with Crippen molar-refractivity contribution in [1.82, 2.24) is 0 Å². The minimum absolute atomic E-state index is 0.323. The number of para-hydroxylation sites is 1. The van der Waals surface area contributed by atoms with Crippen LogP contribution in [0.5, 0.6) is 11.5 Å². The summed E-state index contributed by atoms with van der Waals surface area (Å²) in [5.41, 5.74) is 2.32. The highest BCUT2D eigenvalue weighted by Crippen LogP contribution is 2.39. The Morgan fingerprint density at radius 3 is 2.39 bits per heavy atom. The van der Waals surface area contributed by atoms with Crippen LogP contribution in [0.15, 0.2) is 76.1 Å². The molecular formula is C25H19BrINO4S. The van der Waals surface area contributed by atoms with Crippen LogP contribution in [0.1, 0.15) is 18.1 Å². The van der Waals surface area contributed by atoms with Crippen LogP contribution in [0, 0.1) is 3.57 Å². The number of ether oxygens (including phenoxy) is 2. The molecule has 0 radical (unpaired) electrons. The monoisotopic (exact) mass is 635 g/mol. The maximum absolute atomic E-state index is 12.9. The van der Waals surface area contributed by atoms with Gasteiger partial charge in [0.05, 0.1) is 17.2 Å². The Morgan fingerprint density at radius 2 is 1.70 bits per heavy atom. The first-order valence-electron chi connectivity index (χ1n) is 10.1. The number of carbonyl (C=O) groups excluding carboxylic acids is 2. The number of amides is 2. The molecule has 8 heteroatoms. The molecule has 1 heterocycles. The first-order valence-corrected chi connectivity index (χ1v) is 12.8. The normalized spacial score (nSPS) is 14.8. The molecule has 0 N–H and O–H groups in total. The van der Waals surface area contributed by atoms with Gasteiger partial charge in [-0.3, -0.25) is 9.59 Å². The minimum Gasteiger partial charge on any atom is -0.490 e. The summed E-state index contributed by atoms with van der Waals surface area (Å²) in [6.45, 7) is 2.76. The summed E-state index contributed by atoms with van der Waals surface area (Å²) in [6.07, 6.45) is 1.70. The van der Waals surface area contributed by atoms with Gasteiger partial charge in [-0.05, 0) is 94.9 Å². The van der Waals surface area contributed by atoms with Crippen molar-refractivity contribution >= 4 is 73.2 Å². The molecule has 0 unspecified atom stereocenters. The Bertz CT molecular complexity index is 1220. The Hall–Kier alpha value is -2.30. The van der Waals surface area contributed by atoms with Crippen molar-refractivity contribution in [2.24, 2.45) is 0 Å². The molecule has 0 aliphatic carbocycles. The number of imide groups is 1. The van der Waals surface area contributed by atoms with Crippen molar-refractivity contribution in [2.75, 3.05) is 11.5 Å². The Labute approximate surface area is 218 Å². The van der Waals surface area contributed by atoms with E-state index in [2.05, 4.69) is 38.5 Å². The lowest BCUT2D eigenvalue weighted by Crippen LogP contribution is -2.27. The summed E-state index contributed by atoms with van der Waals surface area (Å²) in [5.74, 6) is 0.816. The van der Waals surface area contributed by atoms with E-state index in [1.807, 2.05) is 49.4 Å². The zero-order valence-electron chi connectivity index (χ0n) is 17.6. The second-order valence-electron chi connectivity index (χ2n) is 7.02. The number of thioether (sulfide) groups is 1. The highest BCUT2D eigenvalue weighted by Gasteiger charge is 2.36. The summed E-state index contributed by atoms with van der Waals surface area (Å²) >= 11 is 6.75. The average Bonchev–Trinajstić information content (AvgIpc) is 3.09. The molecule has 0 atom stereocenters. The quantitative estimate of drug-likeness (QED) is 0.202. The molecule has 4 rings (SSSR count). The maximum Gasteiger partial charge on any atom is 0.298 e. The van der Waals surface area contributed by atoms with Gasteiger partial charge in [-0.25, -0.2) is 4.90 Å². The van der Waals surface area contributed by atoms with E-state index in [1.165, 1.54) is 4.90 Å². The van der Waals surface area contributed by atoms with Crippen LogP contribution in [-0.2, 0) is 11.4 Å². The van der Waals surface area contributed by atoms with E-state index in [9.17, 15) is 9.59 Å². The summed E-state index contributed by atoms with van der Waals surface area (Å²) in [7, 11) is 0. The van der Waals surface area contributed by atoms with Crippen molar-refractivity contribution in [1.29, 1.82) is 0 Å². The second-order valence-corrected chi connectivity index (χ2v) is 10.1. The molecule has 1 aliphatic heterocycles. The van der Waals surface area contributed by atoms with Gasteiger partial charge < -0.3 is 9.47 Å². The lowest BCUT2D eigenvalue weighted by molar-refractivity contribution is -0.113. The number of hydrogen-bond donors (Lipinski definition) is 0. The van der Waals surface area contributed by atoms with Crippen molar-refractivity contribution in [3.05, 3.63) is 90.8 Å². The van der Waals surface area contributed by atoms with Crippen molar-refractivity contribution in [3.8, 4) is 11.5 Å². The molecular weight excluding hydrogens is 617 g/mol. The number of carbonyl (C=O) groups is 2. The third-order valence-corrected chi connectivity index (χ3v) is 7.04. The van der Waals surface area contributed by atoms with Crippen LogP contribution < -0.4 is 14.4 Å². The Morgan fingerprint density at radius 1 is 1.00 bits per heavy atom. The van der Waals surface area contributed by atoms with Gasteiger partial charge in [-0.15, -0.1) is 0 Å². The molecule has 1 fully saturated rings. The number of benzene rings is 3. The van der Waals surface area contributed by atoms with Crippen LogP contribution in [0.2, 0.25) is 0 Å². The molecule has 3 aromatic carbocycles. The van der Waals surface area contributed by atoms with E-state index in [-0.39, 0.29) is 11.1 Å². The molecule has 1 aliphatic rings. The number of hydrogen-bond acceptors (Lipinski definition) is 5. The van der Waals surface area contributed by atoms with E-state index >= 15 is 0 Å². The van der Waals surface area contributed by atoms with E-state index in [4.69, 9.17) is 9.47 Å². The van der Waals surface area contributed by atoms with Gasteiger partial charge in [0.2, 0.25) is 0 Å². The van der Waals surface area contributed by atoms with Crippen LogP contribution in [-0.4, -0.2) is 17.8 Å². The smallest absolute Gasteiger partial charge is 0.298 e. The fourth-order valence-corrected chi connectivity index (χ4v) is 4.82. The van der Waals surface area contributed by atoms with Gasteiger partial charge in [0.1, 0.15) is 6.61 Å². The zero-order valence-corrected chi connectivity index (χ0v) is 22.1. The van der Waals surface area contributed by atoms with Gasteiger partial charge in [0.15, 0.2) is 11.5 Å². The average molecular weight is 636 g/mol. The Balaban J connectivity index is 1.59. The summed E-state index contributed by atoms with van der Waals surface area (Å²) in [4.78, 5) is 27.0. The van der Waals surface area contributed by atoms with Crippen LogP contribution in [0.3, 0.4) is 0 Å². The van der Waals surface area contributed by atoms with E-state index in [0.29, 0.717) is 35.3 Å². The highest BCUT2D eigenvalue weighted by molar-refractivity contribution is 14.1. The number of rotatable bonds is 7. The first-order chi connectivity index (χ1) is 16.0. The molecule has 2 amide bonds. The molecule has 0 aromatic heterocycles. The summed E-state index contributed by atoms with van der Waals surface area (Å²) < 4.78 is 13.7. The second kappa shape index (κ2) is 10.8. The lowest BCUT2D eigenvalue weighted by atomic mass is 10.1. The van der Waals surface area contributed by atoms with Gasteiger partial charge in [0.25, 0.3) is 11.1 Å². The van der Waals surface area contributed by atoms with E-state index in [1.54, 1.807) is 30.3 Å². The van der Waals surface area contributed by atoms with Crippen LogP contribution >= 0.6 is 50.3 Å². The van der Waals surface area contributed by atoms with Gasteiger partial charge >= 0.3 is 0 Å². The lowest BCUT2D eigenvalue weighted by Gasteiger charge is -2.14. The molecule has 0 bridgehead atoms. The number of anilines is 1. The van der Waals surface area contributed by atoms with Crippen molar-refractivity contribution < 1.29 is 19.1 Å². The number of nitrogens with zero attached hydrogens (tertiary/aromatic N) is 1. The van der Waals surface area contributed by atoms with Gasteiger partial charge in [-0.2, -0.15) is 0 Å². The topological polar surface area (TPSA) is 55.8 Å². The van der Waals surface area contributed by atoms with E-state index in [0.717, 1.165) is 30.9 Å². The molecule has 5 nitrogen and oxygen atoms in total. The van der Waals surface area contributed by atoms with Crippen molar-refractivity contribution in [2.45, 2.75) is 13.5 Å². The standard InChI is InChI=1S/C25H19BrINO4S/c1-2-31-21-12-17(20(26)14-22(21)32-15-16-8-10-18(27)11-9-16)13-23-24(29)28(25(30)33-23)19-6-4-3-5-7-19/h3-14H,2,15H2,1H3/b23-13-. The fraction of sp³-hybridized carbons (Fsp3) is 0.120. The maximum atomic E-state index is 12.9. The third kappa shape index (κ3) is 5.62. The molecule has 0 spiro atoms. The predicted molar refractivity (Wildman–Crippen MR) is 144 cm³/mol. The summed E-state index contributed by atoms with van der Waals surface area (Å²) in [6, 6.07) is 20.6. The SMILES string of the molecule is CCOc1cc(/C=C2\SC(=O)N(c3ccccc3)C2=O)c(Br)cc1OCc1ccc(I)cc1. The number of halogens is 2. The highest BCUT2D eigenvalue weighted by atomic mass is 127. The van der Waals surface area contributed by atoms with Gasteiger partial charge in [-0.1, -0.05) is 46.3 Å². The molecule has 0 saturated carbocycles. The van der Waals surface area contributed by atoms with Crippen LogP contribution in [0.4, 0.5) is 10.5 Å². The summed E-state index contributed by atoms with van der Waals surface area (Å²) in [5, 5.41) is -0.323. The third-order valence-electron chi connectivity index (χ3n) is 4.77. The first kappa shape index (κ1) is 23.8. The predicted octanol–water partition coefficient (Wildman–Crippen LogP) is 7.27. The van der Waals surface area contributed by atoms with Crippen LogP contribution in [0.25, 0.3) is 6.08 Å². The molecule has 1 saturated heterocycles. The van der Waals surface area contributed by atoms with E-state index < -0.39 is 0 Å². The van der Waals surface area contributed by atoms with Gasteiger partial charge in [0, 0.05) is 8.04 Å². The fourth-order valence-electron chi connectivity index (χ4n) is 3.19. The Kier molecular flexibility index (Phi) is 7.77. The van der Waals surface area contributed by atoms with Crippen molar-refractivity contribution in [3.63, 3.8) is 0 Å². The molecule has 33 heavy (non-hydrogen) atoms.